The number of nitrogens with zero attached hydrogens (tertiary/aromatic N) is 2. The van der Waals surface area contributed by atoms with Gasteiger partial charge in [0.1, 0.15) is 10.0 Å². The maximum atomic E-state index is 4.27. The summed E-state index contributed by atoms with van der Waals surface area (Å²) in [5, 5.41) is 13.7. The Balaban J connectivity index is 2.37. The predicted molar refractivity (Wildman–Crippen MR) is 72.3 cm³/mol. The van der Waals surface area contributed by atoms with E-state index in [1.807, 2.05) is 7.05 Å². The van der Waals surface area contributed by atoms with Crippen LogP contribution in [0.1, 0.15) is 29.1 Å². The molecule has 1 atom stereocenters. The van der Waals surface area contributed by atoms with Gasteiger partial charge in [-0.2, -0.15) is 0 Å². The molecule has 0 amide bonds. The number of hydrogen-bond donors (Lipinski definition) is 1. The van der Waals surface area contributed by atoms with Crippen molar-refractivity contribution in [2.45, 2.75) is 26.8 Å². The van der Waals surface area contributed by atoms with Gasteiger partial charge in [-0.15, -0.1) is 10.2 Å². The highest BCUT2D eigenvalue weighted by Crippen LogP contribution is 2.29. The summed E-state index contributed by atoms with van der Waals surface area (Å²) in [6, 6.07) is 6.67. The van der Waals surface area contributed by atoms with Crippen molar-refractivity contribution in [1.82, 2.24) is 15.5 Å². The summed E-state index contributed by atoms with van der Waals surface area (Å²) in [5.74, 6) is 0. The van der Waals surface area contributed by atoms with Crippen LogP contribution >= 0.6 is 11.3 Å². The Hall–Kier alpha value is -1.26. The van der Waals surface area contributed by atoms with Gasteiger partial charge in [-0.25, -0.2) is 0 Å². The highest BCUT2D eigenvalue weighted by molar-refractivity contribution is 7.14. The number of benzene rings is 1. The standard InChI is InChI=1S/C13H17N3S/c1-8-5-6-11(9(2)7-8)13-16-15-12(17-13)10(3)14-4/h5-7,10,14H,1-4H3. The van der Waals surface area contributed by atoms with Crippen LogP contribution in [0, 0.1) is 13.8 Å². The van der Waals surface area contributed by atoms with Crippen LogP contribution < -0.4 is 5.32 Å². The van der Waals surface area contributed by atoms with Gasteiger partial charge in [0, 0.05) is 5.56 Å². The fourth-order valence-corrected chi connectivity index (χ4v) is 2.69. The molecule has 0 fully saturated rings. The minimum atomic E-state index is 0.256. The van der Waals surface area contributed by atoms with Gasteiger partial charge >= 0.3 is 0 Å². The molecule has 90 valence electrons. The van der Waals surface area contributed by atoms with E-state index < -0.39 is 0 Å². The molecule has 17 heavy (non-hydrogen) atoms. The fraction of sp³-hybridized carbons (Fsp3) is 0.385. The van der Waals surface area contributed by atoms with E-state index in [9.17, 15) is 0 Å². The molecule has 0 bridgehead atoms. The van der Waals surface area contributed by atoms with Crippen LogP contribution in [0.25, 0.3) is 10.6 Å². The molecule has 0 saturated carbocycles. The smallest absolute Gasteiger partial charge is 0.148 e. The maximum Gasteiger partial charge on any atom is 0.148 e. The molecule has 1 N–H and O–H groups in total. The number of aryl methyl sites for hydroxylation is 2. The van der Waals surface area contributed by atoms with Crippen molar-refractivity contribution >= 4 is 11.3 Å². The van der Waals surface area contributed by atoms with Gasteiger partial charge in [0.05, 0.1) is 6.04 Å². The van der Waals surface area contributed by atoms with E-state index in [0.717, 1.165) is 10.0 Å². The third-order valence-corrected chi connectivity index (χ3v) is 4.00. The summed E-state index contributed by atoms with van der Waals surface area (Å²) in [6.07, 6.45) is 0. The second-order valence-corrected chi connectivity index (χ2v) is 5.28. The average Bonchev–Trinajstić information content (AvgIpc) is 2.77. The van der Waals surface area contributed by atoms with Crippen LogP contribution in [0.2, 0.25) is 0 Å². The maximum absolute atomic E-state index is 4.27. The molecule has 3 nitrogen and oxygen atoms in total. The van der Waals surface area contributed by atoms with E-state index in [2.05, 4.69) is 54.5 Å². The van der Waals surface area contributed by atoms with Crippen molar-refractivity contribution in [3.8, 4) is 10.6 Å². The molecule has 0 aliphatic rings. The van der Waals surface area contributed by atoms with Gasteiger partial charge in [-0.3, -0.25) is 0 Å². The molecule has 0 saturated heterocycles. The lowest BCUT2D eigenvalue weighted by Gasteiger charge is -2.04. The lowest BCUT2D eigenvalue weighted by Crippen LogP contribution is -2.11. The Kier molecular flexibility index (Phi) is 3.54. The Labute approximate surface area is 106 Å². The summed E-state index contributed by atoms with van der Waals surface area (Å²) in [6.45, 7) is 6.31. The van der Waals surface area contributed by atoms with E-state index in [0.29, 0.717) is 0 Å². The number of aromatic nitrogens is 2. The molecule has 1 aromatic heterocycles. The Bertz CT molecular complexity index is 519. The SMILES string of the molecule is CNC(C)c1nnc(-c2ccc(C)cc2C)s1. The highest BCUT2D eigenvalue weighted by Gasteiger charge is 2.12. The minimum absolute atomic E-state index is 0.256. The third kappa shape index (κ3) is 2.53. The van der Waals surface area contributed by atoms with E-state index in [-0.39, 0.29) is 6.04 Å². The molecule has 2 aromatic rings. The molecule has 1 unspecified atom stereocenters. The first-order valence-corrected chi connectivity index (χ1v) is 6.51. The van der Waals surface area contributed by atoms with E-state index >= 15 is 0 Å². The zero-order chi connectivity index (χ0) is 12.4. The summed E-state index contributed by atoms with van der Waals surface area (Å²) in [5.41, 5.74) is 3.71. The summed E-state index contributed by atoms with van der Waals surface area (Å²) in [4.78, 5) is 0. The number of nitrogens with one attached hydrogen (secondary N) is 1. The van der Waals surface area contributed by atoms with Crippen molar-refractivity contribution in [3.63, 3.8) is 0 Å². The largest absolute Gasteiger partial charge is 0.311 e. The first kappa shape index (κ1) is 12.2. The first-order valence-electron chi connectivity index (χ1n) is 5.70. The molecular formula is C13H17N3S. The highest BCUT2D eigenvalue weighted by atomic mass is 32.1. The minimum Gasteiger partial charge on any atom is -0.311 e. The van der Waals surface area contributed by atoms with Gasteiger partial charge in [0.2, 0.25) is 0 Å². The van der Waals surface area contributed by atoms with E-state index in [1.54, 1.807) is 11.3 Å². The van der Waals surface area contributed by atoms with Crippen LogP contribution in [-0.2, 0) is 0 Å². The monoisotopic (exact) mass is 247 g/mol. The van der Waals surface area contributed by atoms with E-state index in [1.165, 1.54) is 16.7 Å². The molecular weight excluding hydrogens is 230 g/mol. The Morgan fingerprint density at radius 3 is 2.65 bits per heavy atom. The van der Waals surface area contributed by atoms with Crippen molar-refractivity contribution in [1.29, 1.82) is 0 Å². The van der Waals surface area contributed by atoms with E-state index in [4.69, 9.17) is 0 Å². The van der Waals surface area contributed by atoms with Crippen LogP contribution in [0.5, 0.6) is 0 Å². The van der Waals surface area contributed by atoms with Crippen LogP contribution in [0.15, 0.2) is 18.2 Å². The molecule has 1 heterocycles. The molecule has 1 aromatic carbocycles. The Morgan fingerprint density at radius 2 is 2.00 bits per heavy atom. The molecule has 0 spiro atoms. The van der Waals surface area contributed by atoms with Crippen molar-refractivity contribution < 1.29 is 0 Å². The van der Waals surface area contributed by atoms with Crippen molar-refractivity contribution in [2.24, 2.45) is 0 Å². The molecule has 0 radical (unpaired) electrons. The number of hydrogen-bond acceptors (Lipinski definition) is 4. The van der Waals surface area contributed by atoms with Crippen LogP contribution in [-0.4, -0.2) is 17.2 Å². The lowest BCUT2D eigenvalue weighted by atomic mass is 10.1. The quantitative estimate of drug-likeness (QED) is 0.905. The Morgan fingerprint density at radius 1 is 1.24 bits per heavy atom. The van der Waals surface area contributed by atoms with Gasteiger partial charge in [0.25, 0.3) is 0 Å². The average molecular weight is 247 g/mol. The zero-order valence-corrected chi connectivity index (χ0v) is 11.4. The van der Waals surface area contributed by atoms with Gasteiger partial charge in [0.15, 0.2) is 0 Å². The third-order valence-electron chi connectivity index (χ3n) is 2.86. The normalized spacial score (nSPS) is 12.7. The topological polar surface area (TPSA) is 37.8 Å². The van der Waals surface area contributed by atoms with Gasteiger partial charge < -0.3 is 5.32 Å². The van der Waals surface area contributed by atoms with Crippen LogP contribution in [0.4, 0.5) is 0 Å². The van der Waals surface area contributed by atoms with Crippen molar-refractivity contribution in [2.75, 3.05) is 7.05 Å². The molecule has 0 aliphatic carbocycles. The fourth-order valence-electron chi connectivity index (χ4n) is 1.70. The number of rotatable bonds is 3. The lowest BCUT2D eigenvalue weighted by molar-refractivity contribution is 0.640. The predicted octanol–water partition coefficient (Wildman–Crippen LogP) is 3.10. The second-order valence-electron chi connectivity index (χ2n) is 4.27. The molecule has 0 aliphatic heterocycles. The first-order chi connectivity index (χ1) is 8.11. The summed E-state index contributed by atoms with van der Waals surface area (Å²) < 4.78 is 0. The second kappa shape index (κ2) is 4.94. The molecule has 4 heteroatoms. The van der Waals surface area contributed by atoms with Crippen molar-refractivity contribution in [3.05, 3.63) is 34.3 Å². The zero-order valence-electron chi connectivity index (χ0n) is 10.6. The summed E-state index contributed by atoms with van der Waals surface area (Å²) >= 11 is 1.65. The van der Waals surface area contributed by atoms with Gasteiger partial charge in [-0.05, 0) is 33.4 Å². The molecule has 2 rings (SSSR count). The van der Waals surface area contributed by atoms with Gasteiger partial charge in [-0.1, -0.05) is 35.1 Å². The summed E-state index contributed by atoms with van der Waals surface area (Å²) in [7, 11) is 1.93. The van der Waals surface area contributed by atoms with Crippen LogP contribution in [0.3, 0.4) is 0 Å².